The number of hydrogen-bond donors (Lipinski definition) is 1. The van der Waals surface area contributed by atoms with Crippen LogP contribution < -0.4 is 10.1 Å². The minimum Gasteiger partial charge on any atom is -0.497 e. The minimum atomic E-state index is -3.49. The van der Waals surface area contributed by atoms with Gasteiger partial charge in [-0.15, -0.1) is 0 Å². The lowest BCUT2D eigenvalue weighted by Crippen LogP contribution is -2.30. The Morgan fingerprint density at radius 3 is 2.17 bits per heavy atom. The van der Waals surface area contributed by atoms with Crippen molar-refractivity contribution >= 4 is 22.0 Å². The van der Waals surface area contributed by atoms with E-state index in [0.717, 1.165) is 16.9 Å². The first-order chi connectivity index (χ1) is 13.8. The molecule has 0 bridgehead atoms. The van der Waals surface area contributed by atoms with Crippen molar-refractivity contribution in [2.24, 2.45) is 0 Å². The molecule has 0 saturated heterocycles. The zero-order valence-electron chi connectivity index (χ0n) is 17.3. The lowest BCUT2D eigenvalue weighted by molar-refractivity contribution is -0.117. The summed E-state index contributed by atoms with van der Waals surface area (Å²) in [5, 5.41) is 2.88. The van der Waals surface area contributed by atoms with Crippen molar-refractivity contribution in [3.05, 3.63) is 65.7 Å². The third kappa shape index (κ3) is 5.92. The summed E-state index contributed by atoms with van der Waals surface area (Å²) in [6, 6.07) is 13.7. The number of rotatable bonds is 9. The first-order valence-corrected chi connectivity index (χ1v) is 11.0. The molecule has 0 heterocycles. The molecule has 0 aliphatic carbocycles. The van der Waals surface area contributed by atoms with Gasteiger partial charge in [-0.1, -0.05) is 38.1 Å². The molecule has 1 amide bonds. The molecule has 0 saturated carbocycles. The predicted molar refractivity (Wildman–Crippen MR) is 115 cm³/mol. The van der Waals surface area contributed by atoms with E-state index in [1.165, 1.54) is 10.4 Å². The van der Waals surface area contributed by atoms with Crippen LogP contribution in [0.25, 0.3) is 6.08 Å². The van der Waals surface area contributed by atoms with E-state index in [9.17, 15) is 13.2 Å². The molecule has 2 aromatic carbocycles. The molecule has 6 nitrogen and oxygen atoms in total. The second-order valence-corrected chi connectivity index (χ2v) is 8.43. The fraction of sp³-hybridized carbons (Fsp3) is 0.318. The van der Waals surface area contributed by atoms with E-state index >= 15 is 0 Å². The second kappa shape index (κ2) is 10.2. The van der Waals surface area contributed by atoms with Crippen molar-refractivity contribution in [3.63, 3.8) is 0 Å². The Bertz CT molecular complexity index is 932. The normalized spacial score (nSPS) is 12.9. The molecule has 0 aromatic heterocycles. The van der Waals surface area contributed by atoms with Gasteiger partial charge in [0.15, 0.2) is 0 Å². The first kappa shape index (κ1) is 22.6. The van der Waals surface area contributed by atoms with Gasteiger partial charge in [0.25, 0.3) is 0 Å². The van der Waals surface area contributed by atoms with Gasteiger partial charge in [0.05, 0.1) is 18.0 Å². The average Bonchev–Trinajstić information content (AvgIpc) is 2.73. The van der Waals surface area contributed by atoms with E-state index in [1.54, 1.807) is 37.5 Å². The van der Waals surface area contributed by atoms with Gasteiger partial charge in [-0.3, -0.25) is 4.79 Å². The molecule has 0 spiro atoms. The van der Waals surface area contributed by atoms with E-state index in [2.05, 4.69) is 5.32 Å². The van der Waals surface area contributed by atoms with Gasteiger partial charge in [0.1, 0.15) is 5.75 Å². The van der Waals surface area contributed by atoms with Crippen molar-refractivity contribution in [1.82, 2.24) is 9.62 Å². The average molecular weight is 417 g/mol. The summed E-state index contributed by atoms with van der Waals surface area (Å²) in [5.74, 6) is 0.528. The lowest BCUT2D eigenvalue weighted by Gasteiger charge is -2.19. The van der Waals surface area contributed by atoms with Crippen molar-refractivity contribution in [2.45, 2.75) is 31.7 Å². The number of methoxy groups -OCH3 is 1. The van der Waals surface area contributed by atoms with Crippen LogP contribution in [0.15, 0.2) is 59.5 Å². The molecule has 1 atom stereocenters. The van der Waals surface area contributed by atoms with Crippen molar-refractivity contribution in [1.29, 1.82) is 0 Å². The Labute approximate surface area is 173 Å². The SMILES string of the molecule is CCN(CC)S(=O)(=O)c1ccc([C@@H](C)NC(=O)/C=C/c2ccc(OC)cc2)cc1. The van der Waals surface area contributed by atoms with Crippen molar-refractivity contribution < 1.29 is 17.9 Å². The minimum absolute atomic E-state index is 0.229. The van der Waals surface area contributed by atoms with Crippen LogP contribution in [0, 0.1) is 0 Å². The van der Waals surface area contributed by atoms with Gasteiger partial charge < -0.3 is 10.1 Å². The molecule has 0 unspecified atom stereocenters. The number of nitrogens with one attached hydrogen (secondary N) is 1. The monoisotopic (exact) mass is 416 g/mol. The number of carbonyl (C=O) groups excluding carboxylic acids is 1. The van der Waals surface area contributed by atoms with Crippen LogP contribution in [0.2, 0.25) is 0 Å². The molecular weight excluding hydrogens is 388 g/mol. The van der Waals surface area contributed by atoms with Crippen LogP contribution >= 0.6 is 0 Å². The summed E-state index contributed by atoms with van der Waals surface area (Å²) in [7, 11) is -1.88. The van der Waals surface area contributed by atoms with Gasteiger partial charge in [0.2, 0.25) is 15.9 Å². The van der Waals surface area contributed by atoms with Crippen LogP contribution in [-0.4, -0.2) is 38.8 Å². The largest absolute Gasteiger partial charge is 0.497 e. The zero-order valence-corrected chi connectivity index (χ0v) is 18.1. The Kier molecular flexibility index (Phi) is 7.99. The van der Waals surface area contributed by atoms with E-state index in [4.69, 9.17) is 4.74 Å². The third-order valence-corrected chi connectivity index (χ3v) is 6.69. The van der Waals surface area contributed by atoms with E-state index in [-0.39, 0.29) is 16.8 Å². The molecule has 156 valence electrons. The molecular formula is C22H28N2O4S. The number of hydrogen-bond acceptors (Lipinski definition) is 4. The van der Waals surface area contributed by atoms with Crippen LogP contribution in [-0.2, 0) is 14.8 Å². The quantitative estimate of drug-likeness (QED) is 0.634. The van der Waals surface area contributed by atoms with Gasteiger partial charge >= 0.3 is 0 Å². The van der Waals surface area contributed by atoms with Crippen molar-refractivity contribution in [3.8, 4) is 5.75 Å². The number of amides is 1. The number of carbonyl (C=O) groups is 1. The standard InChI is InChI=1S/C22H28N2O4S/c1-5-24(6-2)29(26,27)21-14-10-19(11-15-21)17(3)23-22(25)16-9-18-7-12-20(28-4)13-8-18/h7-17H,5-6H2,1-4H3,(H,23,25)/b16-9+/t17-/m1/s1. The van der Waals surface area contributed by atoms with Crippen LogP contribution in [0.5, 0.6) is 5.75 Å². The Morgan fingerprint density at radius 2 is 1.66 bits per heavy atom. The molecule has 0 aliphatic rings. The number of benzene rings is 2. The van der Waals surface area contributed by atoms with Gasteiger partial charge in [-0.2, -0.15) is 4.31 Å². The number of nitrogens with zero attached hydrogens (tertiary/aromatic N) is 1. The third-order valence-electron chi connectivity index (χ3n) is 4.63. The first-order valence-electron chi connectivity index (χ1n) is 9.54. The lowest BCUT2D eigenvalue weighted by atomic mass is 10.1. The van der Waals surface area contributed by atoms with Crippen LogP contribution in [0.4, 0.5) is 0 Å². The van der Waals surface area contributed by atoms with E-state index in [1.807, 2.05) is 45.0 Å². The predicted octanol–water partition coefficient (Wildman–Crippen LogP) is 3.62. The van der Waals surface area contributed by atoms with E-state index < -0.39 is 10.0 Å². The Morgan fingerprint density at radius 1 is 1.07 bits per heavy atom. The van der Waals surface area contributed by atoms with Gasteiger partial charge in [0, 0.05) is 19.2 Å². The van der Waals surface area contributed by atoms with Crippen LogP contribution in [0.3, 0.4) is 0 Å². The molecule has 0 radical (unpaired) electrons. The highest BCUT2D eigenvalue weighted by Gasteiger charge is 2.21. The molecule has 0 fully saturated rings. The maximum Gasteiger partial charge on any atom is 0.244 e. The summed E-state index contributed by atoms with van der Waals surface area (Å²) < 4.78 is 31.6. The van der Waals surface area contributed by atoms with E-state index in [0.29, 0.717) is 13.1 Å². The van der Waals surface area contributed by atoms with Crippen LogP contribution in [0.1, 0.15) is 37.9 Å². The highest BCUT2D eigenvalue weighted by Crippen LogP contribution is 2.19. The van der Waals surface area contributed by atoms with Crippen molar-refractivity contribution in [2.75, 3.05) is 20.2 Å². The topological polar surface area (TPSA) is 75.7 Å². The van der Waals surface area contributed by atoms with Gasteiger partial charge in [-0.25, -0.2) is 8.42 Å². The van der Waals surface area contributed by atoms with Gasteiger partial charge in [-0.05, 0) is 48.4 Å². The Hall–Kier alpha value is -2.64. The maximum atomic E-state index is 12.6. The molecule has 2 rings (SSSR count). The smallest absolute Gasteiger partial charge is 0.244 e. The number of ether oxygens (including phenoxy) is 1. The second-order valence-electron chi connectivity index (χ2n) is 6.50. The zero-order chi connectivity index (χ0) is 21.4. The molecule has 2 aromatic rings. The maximum absolute atomic E-state index is 12.6. The highest BCUT2D eigenvalue weighted by molar-refractivity contribution is 7.89. The summed E-state index contributed by atoms with van der Waals surface area (Å²) in [6.07, 6.45) is 3.19. The number of sulfonamides is 1. The fourth-order valence-corrected chi connectivity index (χ4v) is 4.33. The highest BCUT2D eigenvalue weighted by atomic mass is 32.2. The summed E-state index contributed by atoms with van der Waals surface area (Å²) in [6.45, 7) is 6.33. The molecule has 7 heteroatoms. The fourth-order valence-electron chi connectivity index (χ4n) is 2.87. The summed E-state index contributed by atoms with van der Waals surface area (Å²) in [4.78, 5) is 12.4. The Balaban J connectivity index is 2.02. The summed E-state index contributed by atoms with van der Waals surface area (Å²) in [5.41, 5.74) is 1.72. The molecule has 29 heavy (non-hydrogen) atoms. The molecule has 0 aliphatic heterocycles. The summed E-state index contributed by atoms with van der Waals surface area (Å²) >= 11 is 0. The molecule has 1 N–H and O–H groups in total.